The summed E-state index contributed by atoms with van der Waals surface area (Å²) in [6.45, 7) is 1.94. The largest absolute Gasteiger partial charge is 0.394 e. The first-order valence-corrected chi connectivity index (χ1v) is 8.63. The Morgan fingerprint density at radius 3 is 2.68 bits per heavy atom. The van der Waals surface area contributed by atoms with Gasteiger partial charge in [0.25, 0.3) is 0 Å². The molecule has 2 aromatic carbocycles. The molecule has 3 rings (SSSR count). The predicted octanol–water partition coefficient (Wildman–Crippen LogP) is 3.21. The van der Waals surface area contributed by atoms with Gasteiger partial charge in [0, 0.05) is 4.90 Å². The van der Waals surface area contributed by atoms with Gasteiger partial charge in [0.2, 0.25) is 5.91 Å². The molecule has 0 heterocycles. The monoisotopic (exact) mass is 315 g/mol. The number of amides is 1. The van der Waals surface area contributed by atoms with Crippen LogP contribution in [0.1, 0.15) is 19.8 Å². The third-order valence-corrected chi connectivity index (χ3v) is 5.32. The molecule has 1 aliphatic rings. The Morgan fingerprint density at radius 1 is 1.27 bits per heavy atom. The molecule has 0 aromatic heterocycles. The van der Waals surface area contributed by atoms with E-state index in [1.165, 1.54) is 22.5 Å². The number of carbonyl (C=O) groups excluding carboxylic acids is 1. The number of rotatable bonds is 6. The summed E-state index contributed by atoms with van der Waals surface area (Å²) < 4.78 is 0. The van der Waals surface area contributed by atoms with Crippen LogP contribution in [0, 0.1) is 5.92 Å². The summed E-state index contributed by atoms with van der Waals surface area (Å²) >= 11 is 1.53. The van der Waals surface area contributed by atoms with Gasteiger partial charge in [-0.1, -0.05) is 30.3 Å². The van der Waals surface area contributed by atoms with Crippen LogP contribution in [0.2, 0.25) is 0 Å². The Bertz CT molecular complexity index is 684. The molecule has 0 spiro atoms. The van der Waals surface area contributed by atoms with Crippen molar-refractivity contribution in [2.24, 2.45) is 5.92 Å². The third-order valence-electron chi connectivity index (χ3n) is 4.32. The number of thioether (sulfide) groups is 1. The van der Waals surface area contributed by atoms with Crippen molar-refractivity contribution in [3.05, 3.63) is 42.5 Å². The van der Waals surface area contributed by atoms with Crippen molar-refractivity contribution >= 4 is 28.4 Å². The fourth-order valence-corrected chi connectivity index (χ4v) is 3.50. The fourth-order valence-electron chi connectivity index (χ4n) is 2.75. The molecule has 0 saturated heterocycles. The molecular formula is C18H21NO2S. The zero-order chi connectivity index (χ0) is 15.6. The van der Waals surface area contributed by atoms with Crippen molar-refractivity contribution in [1.29, 1.82) is 0 Å². The van der Waals surface area contributed by atoms with E-state index in [4.69, 9.17) is 0 Å². The fraction of sp³-hybridized carbons (Fsp3) is 0.389. The van der Waals surface area contributed by atoms with Gasteiger partial charge < -0.3 is 10.4 Å². The number of benzene rings is 2. The molecule has 1 amide bonds. The molecule has 0 aliphatic heterocycles. The van der Waals surface area contributed by atoms with E-state index in [1.54, 1.807) is 0 Å². The number of hydrogen-bond donors (Lipinski definition) is 2. The molecule has 3 nitrogen and oxygen atoms in total. The van der Waals surface area contributed by atoms with Crippen LogP contribution in [-0.2, 0) is 4.79 Å². The van der Waals surface area contributed by atoms with Crippen molar-refractivity contribution < 1.29 is 9.90 Å². The highest BCUT2D eigenvalue weighted by atomic mass is 32.2. The molecule has 1 aliphatic carbocycles. The highest BCUT2D eigenvalue weighted by Crippen LogP contribution is 2.39. The second kappa shape index (κ2) is 6.31. The number of aliphatic hydroxyl groups excluding tert-OH is 1. The van der Waals surface area contributed by atoms with E-state index in [2.05, 4.69) is 29.6 Å². The van der Waals surface area contributed by atoms with Gasteiger partial charge in [-0.15, -0.1) is 11.8 Å². The van der Waals surface area contributed by atoms with E-state index in [0.717, 1.165) is 17.7 Å². The van der Waals surface area contributed by atoms with E-state index in [1.807, 2.05) is 25.1 Å². The highest BCUT2D eigenvalue weighted by Gasteiger charge is 2.41. The molecule has 116 valence electrons. The Labute approximate surface area is 135 Å². The number of hydrogen-bond acceptors (Lipinski definition) is 3. The second-order valence-electron chi connectivity index (χ2n) is 6.20. The van der Waals surface area contributed by atoms with Crippen LogP contribution >= 0.6 is 11.8 Å². The van der Waals surface area contributed by atoms with E-state index in [9.17, 15) is 9.90 Å². The Balaban J connectivity index is 1.60. The van der Waals surface area contributed by atoms with Gasteiger partial charge in [0.05, 0.1) is 17.9 Å². The average Bonchev–Trinajstić information content (AvgIpc) is 3.38. The zero-order valence-electron chi connectivity index (χ0n) is 12.7. The summed E-state index contributed by atoms with van der Waals surface area (Å²) in [5.41, 5.74) is -0.457. The first kappa shape index (κ1) is 15.4. The molecule has 1 atom stereocenters. The minimum Gasteiger partial charge on any atom is -0.394 e. The second-order valence-corrected chi connectivity index (χ2v) is 7.24. The molecule has 1 saturated carbocycles. The van der Waals surface area contributed by atoms with Gasteiger partial charge in [-0.2, -0.15) is 0 Å². The van der Waals surface area contributed by atoms with E-state index >= 15 is 0 Å². The lowest BCUT2D eigenvalue weighted by molar-refractivity contribution is -0.121. The first-order valence-electron chi connectivity index (χ1n) is 7.64. The minimum absolute atomic E-state index is 0.00402. The van der Waals surface area contributed by atoms with Gasteiger partial charge in [0.1, 0.15) is 0 Å². The molecule has 0 radical (unpaired) electrons. The van der Waals surface area contributed by atoms with Crippen molar-refractivity contribution in [1.82, 2.24) is 5.32 Å². The van der Waals surface area contributed by atoms with Crippen LogP contribution in [0.3, 0.4) is 0 Å². The molecule has 2 N–H and O–H groups in total. The standard InChI is InChI=1S/C18H21NO2S/c1-18(12-20,15-7-8-15)19-17(21)11-22-16-9-6-13-4-2-3-5-14(13)10-16/h2-6,9-10,15,20H,7-8,11-12H2,1H3,(H,19,21). The van der Waals surface area contributed by atoms with Gasteiger partial charge in [0.15, 0.2) is 0 Å². The van der Waals surface area contributed by atoms with Crippen molar-refractivity contribution in [3.8, 4) is 0 Å². The number of nitrogens with one attached hydrogen (secondary N) is 1. The number of aliphatic hydroxyl groups is 1. The van der Waals surface area contributed by atoms with Crippen LogP contribution in [-0.4, -0.2) is 28.9 Å². The molecule has 2 aromatic rings. The maximum absolute atomic E-state index is 12.1. The number of fused-ring (bicyclic) bond motifs is 1. The molecule has 1 fully saturated rings. The van der Waals surface area contributed by atoms with Gasteiger partial charge in [-0.05, 0) is 48.6 Å². The van der Waals surface area contributed by atoms with Crippen molar-refractivity contribution in [2.75, 3.05) is 12.4 Å². The van der Waals surface area contributed by atoms with E-state index in [0.29, 0.717) is 11.7 Å². The van der Waals surface area contributed by atoms with Gasteiger partial charge in [-0.25, -0.2) is 0 Å². The number of carbonyl (C=O) groups is 1. The summed E-state index contributed by atoms with van der Waals surface area (Å²) in [5.74, 6) is 0.787. The molecular weight excluding hydrogens is 294 g/mol. The Morgan fingerprint density at radius 2 is 2.00 bits per heavy atom. The van der Waals surface area contributed by atoms with Gasteiger partial charge >= 0.3 is 0 Å². The first-order chi connectivity index (χ1) is 10.6. The van der Waals surface area contributed by atoms with Crippen LogP contribution in [0.5, 0.6) is 0 Å². The zero-order valence-corrected chi connectivity index (χ0v) is 13.5. The van der Waals surface area contributed by atoms with Crippen LogP contribution < -0.4 is 5.32 Å². The smallest absolute Gasteiger partial charge is 0.230 e. The predicted molar refractivity (Wildman–Crippen MR) is 91.0 cm³/mol. The lowest BCUT2D eigenvalue weighted by Crippen LogP contribution is -2.51. The van der Waals surface area contributed by atoms with Crippen LogP contribution in [0.25, 0.3) is 10.8 Å². The summed E-state index contributed by atoms with van der Waals surface area (Å²) in [5, 5.41) is 14.9. The lowest BCUT2D eigenvalue weighted by atomic mass is 9.97. The van der Waals surface area contributed by atoms with Crippen molar-refractivity contribution in [2.45, 2.75) is 30.2 Å². The Hall–Kier alpha value is -1.52. The minimum atomic E-state index is -0.457. The third kappa shape index (κ3) is 3.45. The van der Waals surface area contributed by atoms with Gasteiger partial charge in [-0.3, -0.25) is 4.79 Å². The quantitative estimate of drug-likeness (QED) is 0.805. The SMILES string of the molecule is CC(CO)(NC(=O)CSc1ccc2ccccc2c1)C1CC1. The van der Waals surface area contributed by atoms with Crippen molar-refractivity contribution in [3.63, 3.8) is 0 Å². The van der Waals surface area contributed by atoms with Crippen LogP contribution in [0.4, 0.5) is 0 Å². The maximum Gasteiger partial charge on any atom is 0.230 e. The Kier molecular flexibility index (Phi) is 4.41. The summed E-state index contributed by atoms with van der Waals surface area (Å²) in [6, 6.07) is 14.4. The maximum atomic E-state index is 12.1. The normalized spacial score (nSPS) is 17.2. The molecule has 0 bridgehead atoms. The molecule has 1 unspecified atom stereocenters. The average molecular weight is 315 g/mol. The molecule has 4 heteroatoms. The summed E-state index contributed by atoms with van der Waals surface area (Å²) in [7, 11) is 0. The van der Waals surface area contributed by atoms with E-state index < -0.39 is 5.54 Å². The molecule has 22 heavy (non-hydrogen) atoms. The summed E-state index contributed by atoms with van der Waals surface area (Å²) in [4.78, 5) is 13.2. The summed E-state index contributed by atoms with van der Waals surface area (Å²) in [6.07, 6.45) is 2.18. The lowest BCUT2D eigenvalue weighted by Gasteiger charge is -2.28. The van der Waals surface area contributed by atoms with E-state index in [-0.39, 0.29) is 12.5 Å². The van der Waals surface area contributed by atoms with Crippen LogP contribution in [0.15, 0.2) is 47.4 Å². The topological polar surface area (TPSA) is 49.3 Å². The highest BCUT2D eigenvalue weighted by molar-refractivity contribution is 8.00.